The van der Waals surface area contributed by atoms with Gasteiger partial charge < -0.3 is 5.32 Å². The fraction of sp³-hybridized carbons (Fsp3) is 0.667. The first-order chi connectivity index (χ1) is 7.40. The van der Waals surface area contributed by atoms with Crippen LogP contribution in [-0.4, -0.2) is 30.6 Å². The Morgan fingerprint density at radius 3 is 3.13 bits per heavy atom. The molecule has 0 bridgehead atoms. The van der Waals surface area contributed by atoms with Crippen LogP contribution in [0, 0.1) is 0 Å². The van der Waals surface area contributed by atoms with E-state index in [1.54, 1.807) is 11.3 Å². The smallest absolute Gasteiger partial charge is 0.0245 e. The second kappa shape index (κ2) is 5.64. The van der Waals surface area contributed by atoms with Crippen molar-refractivity contribution in [3.05, 3.63) is 22.4 Å². The topological polar surface area (TPSA) is 15.3 Å². The first kappa shape index (κ1) is 11.1. The lowest BCUT2D eigenvalue weighted by atomic mass is 10.2. The highest BCUT2D eigenvalue weighted by Crippen LogP contribution is 2.15. The number of nitrogens with zero attached hydrogens (tertiary/aromatic N) is 1. The second-order valence-corrected chi connectivity index (χ2v) is 5.03. The van der Waals surface area contributed by atoms with Crippen LogP contribution in [0.4, 0.5) is 0 Å². The molecule has 1 aromatic rings. The summed E-state index contributed by atoms with van der Waals surface area (Å²) in [7, 11) is 0. The summed E-state index contributed by atoms with van der Waals surface area (Å²) in [4.78, 5) is 2.63. The fourth-order valence-corrected chi connectivity index (χ4v) is 2.91. The minimum Gasteiger partial charge on any atom is -0.315 e. The van der Waals surface area contributed by atoms with E-state index in [0.717, 1.165) is 12.6 Å². The molecule has 0 aromatic carbocycles. The molecular weight excluding hydrogens is 204 g/mol. The summed E-state index contributed by atoms with van der Waals surface area (Å²) in [5, 5.41) is 7.89. The standard InChI is InChI=1S/C12H20N2S/c1-2-6-14(12-3-5-13-8-12)9-11-4-7-15-10-11/h4,7,10,12-13H,2-3,5-6,8-9H2,1H3. The summed E-state index contributed by atoms with van der Waals surface area (Å²) in [6.45, 7) is 6.98. The van der Waals surface area contributed by atoms with E-state index in [2.05, 4.69) is 34.0 Å². The summed E-state index contributed by atoms with van der Waals surface area (Å²) in [5.41, 5.74) is 1.47. The Kier molecular flexibility index (Phi) is 4.18. The molecule has 2 heterocycles. The molecule has 15 heavy (non-hydrogen) atoms. The van der Waals surface area contributed by atoms with E-state index >= 15 is 0 Å². The van der Waals surface area contributed by atoms with Crippen LogP contribution in [0.5, 0.6) is 0 Å². The zero-order chi connectivity index (χ0) is 10.5. The third kappa shape index (κ3) is 3.03. The van der Waals surface area contributed by atoms with Crippen LogP contribution in [0.2, 0.25) is 0 Å². The molecule has 1 N–H and O–H groups in total. The number of hydrogen-bond donors (Lipinski definition) is 1. The number of rotatable bonds is 5. The van der Waals surface area contributed by atoms with Gasteiger partial charge in [0.1, 0.15) is 0 Å². The van der Waals surface area contributed by atoms with Crippen molar-refractivity contribution in [2.24, 2.45) is 0 Å². The highest BCUT2D eigenvalue weighted by Gasteiger charge is 2.21. The van der Waals surface area contributed by atoms with Gasteiger partial charge in [-0.2, -0.15) is 11.3 Å². The molecule has 1 fully saturated rings. The Morgan fingerprint density at radius 2 is 2.53 bits per heavy atom. The molecule has 0 spiro atoms. The Morgan fingerprint density at radius 1 is 1.60 bits per heavy atom. The molecule has 0 radical (unpaired) electrons. The van der Waals surface area contributed by atoms with Gasteiger partial charge in [-0.1, -0.05) is 6.92 Å². The van der Waals surface area contributed by atoms with Crippen LogP contribution in [0.1, 0.15) is 25.3 Å². The number of nitrogens with one attached hydrogen (secondary N) is 1. The van der Waals surface area contributed by atoms with Gasteiger partial charge in [0.2, 0.25) is 0 Å². The highest BCUT2D eigenvalue weighted by atomic mass is 32.1. The van der Waals surface area contributed by atoms with E-state index < -0.39 is 0 Å². The number of thiophene rings is 1. The quantitative estimate of drug-likeness (QED) is 0.826. The van der Waals surface area contributed by atoms with E-state index in [9.17, 15) is 0 Å². The van der Waals surface area contributed by atoms with E-state index in [-0.39, 0.29) is 0 Å². The van der Waals surface area contributed by atoms with Crippen molar-refractivity contribution in [3.8, 4) is 0 Å². The van der Waals surface area contributed by atoms with Crippen molar-refractivity contribution in [3.63, 3.8) is 0 Å². The predicted molar refractivity (Wildman–Crippen MR) is 66.3 cm³/mol. The van der Waals surface area contributed by atoms with Crippen LogP contribution in [0.25, 0.3) is 0 Å². The van der Waals surface area contributed by atoms with Gasteiger partial charge in [-0.25, -0.2) is 0 Å². The average Bonchev–Trinajstić information content (AvgIpc) is 2.89. The maximum atomic E-state index is 3.45. The zero-order valence-electron chi connectivity index (χ0n) is 9.41. The summed E-state index contributed by atoms with van der Waals surface area (Å²) in [5.74, 6) is 0. The van der Waals surface area contributed by atoms with Gasteiger partial charge in [0.15, 0.2) is 0 Å². The Bertz CT molecular complexity index is 265. The summed E-state index contributed by atoms with van der Waals surface area (Å²) in [6, 6.07) is 3.00. The van der Waals surface area contributed by atoms with Crippen LogP contribution in [0.3, 0.4) is 0 Å². The maximum Gasteiger partial charge on any atom is 0.0245 e. The lowest BCUT2D eigenvalue weighted by Gasteiger charge is -2.27. The first-order valence-corrected chi connectivity index (χ1v) is 6.80. The molecule has 0 aliphatic carbocycles. The van der Waals surface area contributed by atoms with Crippen LogP contribution in [0.15, 0.2) is 16.8 Å². The van der Waals surface area contributed by atoms with Gasteiger partial charge in [0.05, 0.1) is 0 Å². The van der Waals surface area contributed by atoms with Gasteiger partial charge in [-0.05, 0) is 48.3 Å². The molecule has 0 saturated carbocycles. The maximum absolute atomic E-state index is 3.45. The van der Waals surface area contributed by atoms with E-state index in [1.807, 2.05) is 0 Å². The van der Waals surface area contributed by atoms with Crippen LogP contribution < -0.4 is 5.32 Å². The summed E-state index contributed by atoms with van der Waals surface area (Å²) >= 11 is 1.80. The first-order valence-electron chi connectivity index (χ1n) is 5.86. The molecule has 0 amide bonds. The minimum absolute atomic E-state index is 0.754. The van der Waals surface area contributed by atoms with Crippen molar-refractivity contribution >= 4 is 11.3 Å². The Balaban J connectivity index is 1.93. The summed E-state index contributed by atoms with van der Waals surface area (Å²) < 4.78 is 0. The molecule has 2 nitrogen and oxygen atoms in total. The second-order valence-electron chi connectivity index (χ2n) is 4.25. The monoisotopic (exact) mass is 224 g/mol. The normalized spacial score (nSPS) is 21.3. The predicted octanol–water partition coefficient (Wildman–Crippen LogP) is 2.32. The van der Waals surface area contributed by atoms with Gasteiger partial charge in [-0.15, -0.1) is 0 Å². The minimum atomic E-state index is 0.754. The van der Waals surface area contributed by atoms with Gasteiger partial charge >= 0.3 is 0 Å². The summed E-state index contributed by atoms with van der Waals surface area (Å²) in [6.07, 6.45) is 2.56. The molecule has 2 rings (SSSR count). The molecule has 84 valence electrons. The van der Waals surface area contributed by atoms with Crippen molar-refractivity contribution in [2.45, 2.75) is 32.4 Å². The zero-order valence-corrected chi connectivity index (χ0v) is 10.2. The van der Waals surface area contributed by atoms with Gasteiger partial charge in [0.25, 0.3) is 0 Å². The van der Waals surface area contributed by atoms with Crippen molar-refractivity contribution in [2.75, 3.05) is 19.6 Å². The fourth-order valence-electron chi connectivity index (χ4n) is 2.25. The SMILES string of the molecule is CCCN(Cc1ccsc1)C1CCNC1. The van der Waals surface area contributed by atoms with E-state index in [1.165, 1.54) is 38.0 Å². The lowest BCUT2D eigenvalue weighted by Crippen LogP contribution is -2.36. The lowest BCUT2D eigenvalue weighted by molar-refractivity contribution is 0.200. The van der Waals surface area contributed by atoms with Crippen LogP contribution in [-0.2, 0) is 6.54 Å². The average molecular weight is 224 g/mol. The molecule has 1 aliphatic rings. The van der Waals surface area contributed by atoms with Crippen molar-refractivity contribution < 1.29 is 0 Å². The third-order valence-electron chi connectivity index (χ3n) is 3.03. The molecule has 1 atom stereocenters. The molecule has 3 heteroatoms. The van der Waals surface area contributed by atoms with Gasteiger partial charge in [0, 0.05) is 19.1 Å². The third-order valence-corrected chi connectivity index (χ3v) is 3.76. The van der Waals surface area contributed by atoms with Crippen molar-refractivity contribution in [1.82, 2.24) is 10.2 Å². The van der Waals surface area contributed by atoms with E-state index in [0.29, 0.717) is 0 Å². The molecule has 1 unspecified atom stereocenters. The van der Waals surface area contributed by atoms with Gasteiger partial charge in [-0.3, -0.25) is 4.90 Å². The van der Waals surface area contributed by atoms with E-state index in [4.69, 9.17) is 0 Å². The van der Waals surface area contributed by atoms with Crippen LogP contribution >= 0.6 is 11.3 Å². The Hall–Kier alpha value is -0.380. The molecular formula is C12H20N2S. The Labute approximate surface area is 96.3 Å². The largest absolute Gasteiger partial charge is 0.315 e. The highest BCUT2D eigenvalue weighted by molar-refractivity contribution is 7.07. The molecule has 1 aliphatic heterocycles. The number of hydrogen-bond acceptors (Lipinski definition) is 3. The van der Waals surface area contributed by atoms with Crippen molar-refractivity contribution in [1.29, 1.82) is 0 Å². The molecule has 1 aromatic heterocycles. The molecule has 1 saturated heterocycles.